The molecule has 3 aromatic heterocycles. The Morgan fingerprint density at radius 1 is 1.33 bits per heavy atom. The van der Waals surface area contributed by atoms with E-state index in [2.05, 4.69) is 32.0 Å². The van der Waals surface area contributed by atoms with E-state index >= 15 is 0 Å². The first kappa shape index (κ1) is 14.8. The molecular formula is C16H19N7O. The van der Waals surface area contributed by atoms with Gasteiger partial charge in [0, 0.05) is 57.4 Å². The predicted molar refractivity (Wildman–Crippen MR) is 89.9 cm³/mol. The maximum atomic E-state index is 11.7. The van der Waals surface area contributed by atoms with Crippen molar-refractivity contribution in [3.05, 3.63) is 53.0 Å². The highest BCUT2D eigenvalue weighted by atomic mass is 16.1. The average Bonchev–Trinajstić information content (AvgIpc) is 2.99. The summed E-state index contributed by atoms with van der Waals surface area (Å²) in [6.45, 7) is 2.54. The number of hydrogen-bond acceptors (Lipinski definition) is 6. The van der Waals surface area contributed by atoms with Crippen molar-refractivity contribution in [2.24, 2.45) is 7.05 Å². The number of aromatic nitrogens is 5. The summed E-state index contributed by atoms with van der Waals surface area (Å²) >= 11 is 0. The molecule has 8 heteroatoms. The minimum Gasteiger partial charge on any atom is -0.350 e. The highest BCUT2D eigenvalue weighted by molar-refractivity contribution is 5.64. The van der Waals surface area contributed by atoms with Gasteiger partial charge in [-0.2, -0.15) is 0 Å². The van der Waals surface area contributed by atoms with Crippen LogP contribution in [0.15, 0.2) is 41.8 Å². The fraction of sp³-hybridized carbons (Fsp3) is 0.375. The smallest absolute Gasteiger partial charge is 0.250 e. The molecule has 1 aliphatic rings. The van der Waals surface area contributed by atoms with E-state index in [0.29, 0.717) is 6.04 Å². The fourth-order valence-electron chi connectivity index (χ4n) is 2.98. The third-order valence-electron chi connectivity index (χ3n) is 4.58. The van der Waals surface area contributed by atoms with E-state index in [9.17, 15) is 4.79 Å². The van der Waals surface area contributed by atoms with Crippen molar-refractivity contribution in [3.63, 3.8) is 0 Å². The number of aryl methyl sites for hydroxylation is 1. The summed E-state index contributed by atoms with van der Waals surface area (Å²) < 4.78 is 3.46. The summed E-state index contributed by atoms with van der Waals surface area (Å²) in [5.74, 6) is 0.869. The third-order valence-corrected chi connectivity index (χ3v) is 4.58. The number of pyridine rings is 1. The van der Waals surface area contributed by atoms with Crippen molar-refractivity contribution in [1.82, 2.24) is 29.0 Å². The van der Waals surface area contributed by atoms with Crippen LogP contribution in [0.2, 0.25) is 0 Å². The van der Waals surface area contributed by atoms with Crippen LogP contribution in [0.4, 0.5) is 5.82 Å². The van der Waals surface area contributed by atoms with Gasteiger partial charge in [0.2, 0.25) is 5.65 Å². The molecule has 24 heavy (non-hydrogen) atoms. The Kier molecular flexibility index (Phi) is 3.53. The molecule has 4 heterocycles. The van der Waals surface area contributed by atoms with Crippen molar-refractivity contribution in [2.45, 2.75) is 12.6 Å². The van der Waals surface area contributed by atoms with Crippen molar-refractivity contribution in [2.75, 3.05) is 25.0 Å². The topological polar surface area (TPSA) is 71.6 Å². The van der Waals surface area contributed by atoms with Crippen molar-refractivity contribution >= 4 is 11.5 Å². The Labute approximate surface area is 139 Å². The summed E-state index contributed by atoms with van der Waals surface area (Å²) in [6.07, 6.45) is 7.11. The summed E-state index contributed by atoms with van der Waals surface area (Å²) in [7, 11) is 3.85. The molecule has 0 saturated carbocycles. The van der Waals surface area contributed by atoms with E-state index in [1.807, 2.05) is 22.9 Å². The van der Waals surface area contributed by atoms with Crippen LogP contribution < -0.4 is 10.5 Å². The van der Waals surface area contributed by atoms with Crippen molar-refractivity contribution in [1.29, 1.82) is 0 Å². The summed E-state index contributed by atoms with van der Waals surface area (Å²) in [4.78, 5) is 20.6. The minimum atomic E-state index is 0.0267. The van der Waals surface area contributed by atoms with Crippen LogP contribution in [-0.2, 0) is 13.6 Å². The second-order valence-electron chi connectivity index (χ2n) is 6.27. The van der Waals surface area contributed by atoms with Gasteiger partial charge in [-0.1, -0.05) is 0 Å². The van der Waals surface area contributed by atoms with E-state index in [1.165, 1.54) is 0 Å². The van der Waals surface area contributed by atoms with Gasteiger partial charge in [0.1, 0.15) is 6.33 Å². The van der Waals surface area contributed by atoms with Crippen LogP contribution in [0.25, 0.3) is 5.65 Å². The van der Waals surface area contributed by atoms with Crippen LogP contribution in [0.5, 0.6) is 0 Å². The highest BCUT2D eigenvalue weighted by Crippen LogP contribution is 2.24. The van der Waals surface area contributed by atoms with Gasteiger partial charge >= 0.3 is 0 Å². The largest absolute Gasteiger partial charge is 0.350 e. The predicted octanol–water partition coefficient (Wildman–Crippen LogP) is 0.144. The molecule has 1 fully saturated rings. The van der Waals surface area contributed by atoms with Gasteiger partial charge in [0.15, 0.2) is 5.82 Å². The SMILES string of the molecule is CN(Cc1ccn(C)c(=O)c1)C1CN(c2nccn3cnnc23)C1. The lowest BCUT2D eigenvalue weighted by atomic mass is 10.1. The van der Waals surface area contributed by atoms with Gasteiger partial charge in [0.05, 0.1) is 0 Å². The molecule has 0 bridgehead atoms. The molecule has 3 aromatic rings. The molecule has 0 amide bonds. The molecule has 0 atom stereocenters. The Morgan fingerprint density at radius 3 is 2.96 bits per heavy atom. The molecule has 0 N–H and O–H groups in total. The van der Waals surface area contributed by atoms with Gasteiger partial charge in [-0.05, 0) is 18.7 Å². The maximum Gasteiger partial charge on any atom is 0.250 e. The first-order valence-corrected chi connectivity index (χ1v) is 7.87. The number of fused-ring (bicyclic) bond motifs is 1. The molecule has 0 radical (unpaired) electrons. The highest BCUT2D eigenvalue weighted by Gasteiger charge is 2.32. The zero-order chi connectivity index (χ0) is 16.7. The number of rotatable bonds is 4. The van der Waals surface area contributed by atoms with Crippen LogP contribution in [-0.4, -0.2) is 55.2 Å². The standard InChI is InChI=1S/C16H19N7O/c1-20-5-3-12(7-14(20)24)8-21(2)13-9-23(10-13)15-16-19-18-11-22(16)6-4-17-15/h3-7,11,13H,8-10H2,1-2H3. The van der Waals surface area contributed by atoms with Gasteiger partial charge in [-0.3, -0.25) is 14.1 Å². The zero-order valence-electron chi connectivity index (χ0n) is 13.7. The Morgan fingerprint density at radius 2 is 2.17 bits per heavy atom. The van der Waals surface area contributed by atoms with Crippen LogP contribution >= 0.6 is 0 Å². The first-order chi connectivity index (χ1) is 11.6. The maximum absolute atomic E-state index is 11.7. The van der Waals surface area contributed by atoms with Crippen molar-refractivity contribution in [3.8, 4) is 0 Å². The summed E-state index contributed by atoms with van der Waals surface area (Å²) in [6, 6.07) is 4.12. The molecule has 124 valence electrons. The molecule has 1 saturated heterocycles. The van der Waals surface area contributed by atoms with E-state index in [0.717, 1.165) is 36.7 Å². The van der Waals surface area contributed by atoms with Gasteiger partial charge in [-0.25, -0.2) is 4.98 Å². The van der Waals surface area contributed by atoms with E-state index in [-0.39, 0.29) is 5.56 Å². The van der Waals surface area contributed by atoms with E-state index < -0.39 is 0 Å². The number of anilines is 1. The van der Waals surface area contributed by atoms with Crippen molar-refractivity contribution < 1.29 is 0 Å². The molecule has 0 aliphatic carbocycles. The first-order valence-electron chi connectivity index (χ1n) is 7.87. The second kappa shape index (κ2) is 5.72. The lowest BCUT2D eigenvalue weighted by Gasteiger charge is -2.44. The fourth-order valence-corrected chi connectivity index (χ4v) is 2.98. The number of hydrogen-bond donors (Lipinski definition) is 0. The second-order valence-corrected chi connectivity index (χ2v) is 6.27. The van der Waals surface area contributed by atoms with Crippen LogP contribution in [0.3, 0.4) is 0 Å². The Hall–Kier alpha value is -2.74. The number of likely N-dealkylation sites (N-methyl/N-ethyl adjacent to an activating group) is 1. The zero-order valence-corrected chi connectivity index (χ0v) is 13.7. The minimum absolute atomic E-state index is 0.0267. The van der Waals surface area contributed by atoms with E-state index in [4.69, 9.17) is 0 Å². The quantitative estimate of drug-likeness (QED) is 0.680. The molecule has 0 spiro atoms. The summed E-state index contributed by atoms with van der Waals surface area (Å²) in [5, 5.41) is 8.07. The van der Waals surface area contributed by atoms with Gasteiger partial charge < -0.3 is 9.47 Å². The van der Waals surface area contributed by atoms with Crippen LogP contribution in [0, 0.1) is 0 Å². The average molecular weight is 325 g/mol. The lowest BCUT2D eigenvalue weighted by Crippen LogP contribution is -2.58. The Balaban J connectivity index is 1.42. The third kappa shape index (κ3) is 2.54. The number of nitrogens with zero attached hydrogens (tertiary/aromatic N) is 7. The lowest BCUT2D eigenvalue weighted by molar-refractivity contribution is 0.197. The molecule has 8 nitrogen and oxygen atoms in total. The summed E-state index contributed by atoms with van der Waals surface area (Å²) in [5.41, 5.74) is 1.85. The van der Waals surface area contributed by atoms with Gasteiger partial charge in [-0.15, -0.1) is 10.2 Å². The monoisotopic (exact) mass is 325 g/mol. The van der Waals surface area contributed by atoms with Crippen LogP contribution in [0.1, 0.15) is 5.56 Å². The van der Waals surface area contributed by atoms with Gasteiger partial charge in [0.25, 0.3) is 5.56 Å². The normalized spacial score (nSPS) is 15.2. The molecule has 4 rings (SSSR count). The molecule has 0 aromatic carbocycles. The molecule has 0 unspecified atom stereocenters. The molecule has 1 aliphatic heterocycles. The molecular weight excluding hydrogens is 306 g/mol. The Bertz CT molecular complexity index is 925. The van der Waals surface area contributed by atoms with E-state index in [1.54, 1.807) is 30.2 Å².